The smallest absolute Gasteiger partial charge is 0.224 e. The predicted octanol–water partition coefficient (Wildman–Crippen LogP) is 2.16. The molecule has 20 heavy (non-hydrogen) atoms. The second-order valence-corrected chi connectivity index (χ2v) is 5.22. The van der Waals surface area contributed by atoms with Crippen LogP contribution < -0.4 is 11.1 Å². The van der Waals surface area contributed by atoms with E-state index in [4.69, 9.17) is 5.73 Å². The van der Waals surface area contributed by atoms with Crippen LogP contribution in [0.2, 0.25) is 0 Å². The fourth-order valence-corrected chi connectivity index (χ4v) is 2.56. The number of carbonyl (C=O) groups excluding carboxylic acids is 1. The van der Waals surface area contributed by atoms with Crippen LogP contribution in [0.3, 0.4) is 0 Å². The molecular weight excluding hydrogens is 297 g/mol. The predicted molar refractivity (Wildman–Crippen MR) is 85.6 cm³/mol. The fraction of sp³-hybridized carbons (Fsp3) is 0.571. The topological polar surface area (TPSA) is 68.0 Å². The molecule has 0 aromatic carbocycles. The van der Waals surface area contributed by atoms with Crippen molar-refractivity contribution in [3.05, 3.63) is 29.6 Å². The molecule has 0 atom stereocenters. The van der Waals surface area contributed by atoms with Crippen molar-refractivity contribution in [2.75, 3.05) is 6.54 Å². The van der Waals surface area contributed by atoms with Crippen molar-refractivity contribution >= 4 is 30.7 Å². The van der Waals surface area contributed by atoms with E-state index in [1.165, 1.54) is 0 Å². The van der Waals surface area contributed by atoms with Crippen molar-refractivity contribution in [1.29, 1.82) is 0 Å². The van der Waals surface area contributed by atoms with E-state index in [9.17, 15) is 4.79 Å². The van der Waals surface area contributed by atoms with Gasteiger partial charge in [0.25, 0.3) is 0 Å². The van der Waals surface area contributed by atoms with Crippen molar-refractivity contribution in [3.8, 4) is 0 Å². The molecule has 1 saturated carbocycles. The zero-order chi connectivity index (χ0) is 13.0. The number of amides is 1. The number of pyridine rings is 1. The molecule has 0 saturated heterocycles. The number of aromatic nitrogens is 1. The Bertz CT molecular complexity index is 417. The maximum Gasteiger partial charge on any atom is 0.224 e. The lowest BCUT2D eigenvalue weighted by Gasteiger charge is -2.28. The first-order valence-corrected chi connectivity index (χ1v) is 6.56. The molecule has 0 unspecified atom stereocenters. The van der Waals surface area contributed by atoms with Crippen LogP contribution in [0, 0.1) is 6.92 Å². The largest absolute Gasteiger partial charge is 0.349 e. The molecule has 0 bridgehead atoms. The Balaban J connectivity index is 0.00000180. The summed E-state index contributed by atoms with van der Waals surface area (Å²) in [5, 5.41) is 3.11. The van der Waals surface area contributed by atoms with Crippen molar-refractivity contribution in [3.63, 3.8) is 0 Å². The van der Waals surface area contributed by atoms with Crippen LogP contribution in [-0.2, 0) is 11.2 Å². The van der Waals surface area contributed by atoms with Crippen LogP contribution in [0.15, 0.2) is 18.3 Å². The van der Waals surface area contributed by atoms with E-state index in [1.807, 2.05) is 19.1 Å². The van der Waals surface area contributed by atoms with Gasteiger partial charge in [0.15, 0.2) is 0 Å². The van der Waals surface area contributed by atoms with E-state index in [0.717, 1.165) is 36.9 Å². The number of rotatable bonds is 4. The molecule has 0 spiro atoms. The monoisotopic (exact) mass is 319 g/mol. The Morgan fingerprint density at radius 3 is 2.50 bits per heavy atom. The van der Waals surface area contributed by atoms with Gasteiger partial charge in [-0.05, 0) is 31.4 Å². The van der Waals surface area contributed by atoms with Gasteiger partial charge in [0.1, 0.15) is 0 Å². The Morgan fingerprint density at radius 1 is 1.35 bits per heavy atom. The number of carbonyl (C=O) groups is 1. The van der Waals surface area contributed by atoms with Gasteiger partial charge in [-0.2, -0.15) is 0 Å². The van der Waals surface area contributed by atoms with Gasteiger partial charge in [-0.15, -0.1) is 24.8 Å². The van der Waals surface area contributed by atoms with E-state index < -0.39 is 0 Å². The van der Waals surface area contributed by atoms with Gasteiger partial charge in [0.2, 0.25) is 5.91 Å². The Morgan fingerprint density at radius 2 is 2.00 bits per heavy atom. The summed E-state index contributed by atoms with van der Waals surface area (Å²) in [6.07, 6.45) is 6.46. The third kappa shape index (κ3) is 4.93. The highest BCUT2D eigenvalue weighted by atomic mass is 35.5. The van der Waals surface area contributed by atoms with Crippen molar-refractivity contribution in [2.45, 2.75) is 44.6 Å². The minimum absolute atomic E-state index is 0. The zero-order valence-electron chi connectivity index (χ0n) is 11.7. The van der Waals surface area contributed by atoms with Crippen molar-refractivity contribution in [2.24, 2.45) is 5.73 Å². The number of nitrogens with two attached hydrogens (primary N) is 1. The Hall–Kier alpha value is -0.840. The molecule has 1 aliphatic carbocycles. The van der Waals surface area contributed by atoms with Crippen LogP contribution >= 0.6 is 24.8 Å². The molecule has 114 valence electrons. The van der Waals surface area contributed by atoms with Gasteiger partial charge in [-0.1, -0.05) is 18.9 Å². The molecular formula is C14H23Cl2N3O. The van der Waals surface area contributed by atoms with Crippen molar-refractivity contribution < 1.29 is 4.79 Å². The van der Waals surface area contributed by atoms with Crippen LogP contribution in [0.1, 0.15) is 36.9 Å². The molecule has 1 fully saturated rings. The number of nitrogens with zero attached hydrogens (tertiary/aromatic N) is 1. The van der Waals surface area contributed by atoms with Crippen LogP contribution in [0.4, 0.5) is 0 Å². The van der Waals surface area contributed by atoms with Gasteiger partial charge in [0, 0.05) is 18.4 Å². The summed E-state index contributed by atoms with van der Waals surface area (Å²) in [4.78, 5) is 16.2. The first kappa shape index (κ1) is 19.2. The Labute approximate surface area is 132 Å². The lowest BCUT2D eigenvalue weighted by Crippen LogP contribution is -2.52. The highest BCUT2D eigenvalue weighted by Gasteiger charge is 2.33. The average Bonchev–Trinajstić information content (AvgIpc) is 2.81. The molecule has 6 heteroatoms. The molecule has 1 amide bonds. The second kappa shape index (κ2) is 8.45. The number of hydrogen-bond donors (Lipinski definition) is 2. The summed E-state index contributed by atoms with van der Waals surface area (Å²) >= 11 is 0. The van der Waals surface area contributed by atoms with Crippen LogP contribution in [0.5, 0.6) is 0 Å². The zero-order valence-corrected chi connectivity index (χ0v) is 13.4. The van der Waals surface area contributed by atoms with E-state index in [2.05, 4.69) is 10.3 Å². The molecule has 2 rings (SSSR count). The average molecular weight is 320 g/mol. The maximum absolute atomic E-state index is 12.0. The lowest BCUT2D eigenvalue weighted by molar-refractivity contribution is -0.122. The first-order valence-electron chi connectivity index (χ1n) is 6.56. The van der Waals surface area contributed by atoms with E-state index in [0.29, 0.717) is 13.0 Å². The van der Waals surface area contributed by atoms with Gasteiger partial charge in [0.05, 0.1) is 12.0 Å². The van der Waals surface area contributed by atoms with E-state index in [-0.39, 0.29) is 36.3 Å². The van der Waals surface area contributed by atoms with Crippen LogP contribution in [0.25, 0.3) is 0 Å². The maximum atomic E-state index is 12.0. The lowest BCUT2D eigenvalue weighted by atomic mass is 9.97. The van der Waals surface area contributed by atoms with Gasteiger partial charge >= 0.3 is 0 Å². The molecule has 0 radical (unpaired) electrons. The number of nitrogens with one attached hydrogen (secondary N) is 1. The highest BCUT2D eigenvalue weighted by Crippen LogP contribution is 2.28. The Kier molecular flexibility index (Phi) is 8.09. The molecule has 1 aromatic heterocycles. The third-order valence-corrected chi connectivity index (χ3v) is 3.69. The fourth-order valence-electron chi connectivity index (χ4n) is 2.56. The molecule has 1 aromatic rings. The van der Waals surface area contributed by atoms with Gasteiger partial charge in [-0.25, -0.2) is 0 Å². The summed E-state index contributed by atoms with van der Waals surface area (Å²) < 4.78 is 0. The SMILES string of the molecule is Cc1ccc(CC(=O)NC2(CN)CCCC2)cn1.Cl.Cl. The summed E-state index contributed by atoms with van der Waals surface area (Å²) in [5.41, 5.74) is 7.56. The normalized spacial score (nSPS) is 15.9. The summed E-state index contributed by atoms with van der Waals surface area (Å²) in [7, 11) is 0. The number of aryl methyl sites for hydroxylation is 1. The molecule has 1 aliphatic rings. The quantitative estimate of drug-likeness (QED) is 0.893. The van der Waals surface area contributed by atoms with E-state index in [1.54, 1.807) is 6.20 Å². The summed E-state index contributed by atoms with van der Waals surface area (Å²) in [6, 6.07) is 3.88. The van der Waals surface area contributed by atoms with Crippen LogP contribution in [-0.4, -0.2) is 23.0 Å². The van der Waals surface area contributed by atoms with Crippen molar-refractivity contribution in [1.82, 2.24) is 10.3 Å². The highest BCUT2D eigenvalue weighted by molar-refractivity contribution is 5.85. The number of halogens is 2. The standard InChI is InChI=1S/C14H21N3O.2ClH/c1-11-4-5-12(9-16-11)8-13(18)17-14(10-15)6-2-3-7-14;;/h4-5,9H,2-3,6-8,10,15H2,1H3,(H,17,18);2*1H. The minimum atomic E-state index is -0.158. The third-order valence-electron chi connectivity index (χ3n) is 3.69. The summed E-state index contributed by atoms with van der Waals surface area (Å²) in [6.45, 7) is 2.47. The first-order chi connectivity index (χ1) is 8.63. The van der Waals surface area contributed by atoms with E-state index >= 15 is 0 Å². The molecule has 0 aliphatic heterocycles. The van der Waals surface area contributed by atoms with Gasteiger partial charge in [-0.3, -0.25) is 9.78 Å². The molecule has 3 N–H and O–H groups in total. The number of hydrogen-bond acceptors (Lipinski definition) is 3. The molecule has 1 heterocycles. The molecule has 4 nitrogen and oxygen atoms in total. The summed E-state index contributed by atoms with van der Waals surface area (Å²) in [5.74, 6) is 0.0491. The second-order valence-electron chi connectivity index (χ2n) is 5.22. The van der Waals surface area contributed by atoms with Gasteiger partial charge < -0.3 is 11.1 Å². The minimum Gasteiger partial charge on any atom is -0.349 e.